The number of carbonyl (C=O) groups is 1. The molecule has 0 atom stereocenters. The normalized spacial score (nSPS) is 15.5. The van der Waals surface area contributed by atoms with E-state index in [0.717, 1.165) is 18.7 Å². The molecule has 0 bridgehead atoms. The highest BCUT2D eigenvalue weighted by Gasteiger charge is 2.12. The number of carbonyl (C=O) groups excluding carboxylic acids is 1. The van der Waals surface area contributed by atoms with Gasteiger partial charge in [0.25, 0.3) is 0 Å². The van der Waals surface area contributed by atoms with Gasteiger partial charge in [0.05, 0.1) is 0 Å². The summed E-state index contributed by atoms with van der Waals surface area (Å²) in [7, 11) is 0. The van der Waals surface area contributed by atoms with Crippen LogP contribution in [0.4, 0.5) is 0 Å². The number of allylic oxidation sites excluding steroid dienone is 2. The van der Waals surface area contributed by atoms with Gasteiger partial charge >= 0.3 is 0 Å². The van der Waals surface area contributed by atoms with E-state index in [0.29, 0.717) is 6.54 Å². The second kappa shape index (κ2) is 4.70. The molecule has 3 nitrogen and oxygen atoms in total. The SMILES string of the molecule is CCNC(=O)C1=CC=CN(CC)C1. The molecule has 1 rings (SSSR count). The summed E-state index contributed by atoms with van der Waals surface area (Å²) in [6, 6.07) is 0. The summed E-state index contributed by atoms with van der Waals surface area (Å²) in [6.45, 7) is 6.35. The van der Waals surface area contributed by atoms with Gasteiger partial charge in [-0.3, -0.25) is 4.79 Å². The average Bonchev–Trinajstić information content (AvgIpc) is 2.18. The third kappa shape index (κ3) is 2.61. The Morgan fingerprint density at radius 1 is 1.62 bits per heavy atom. The Morgan fingerprint density at radius 3 is 3.00 bits per heavy atom. The van der Waals surface area contributed by atoms with E-state index in [-0.39, 0.29) is 5.91 Å². The number of hydrogen-bond donors (Lipinski definition) is 1. The standard InChI is InChI=1S/C10H16N2O/c1-3-11-10(13)9-6-5-7-12(4-2)8-9/h5-7H,3-4,8H2,1-2H3,(H,11,13). The zero-order valence-corrected chi connectivity index (χ0v) is 8.21. The Hall–Kier alpha value is -1.25. The van der Waals surface area contributed by atoms with Crippen LogP contribution in [0.5, 0.6) is 0 Å². The van der Waals surface area contributed by atoms with Crippen LogP contribution in [0.15, 0.2) is 23.9 Å². The predicted octanol–water partition coefficient (Wildman–Crippen LogP) is 0.898. The van der Waals surface area contributed by atoms with Crippen LogP contribution >= 0.6 is 0 Å². The zero-order valence-electron chi connectivity index (χ0n) is 8.21. The van der Waals surface area contributed by atoms with Crippen molar-refractivity contribution in [3.63, 3.8) is 0 Å². The lowest BCUT2D eigenvalue weighted by Crippen LogP contribution is -2.32. The van der Waals surface area contributed by atoms with E-state index in [1.165, 1.54) is 0 Å². The fourth-order valence-electron chi connectivity index (χ4n) is 1.24. The molecular formula is C10H16N2O. The summed E-state index contributed by atoms with van der Waals surface area (Å²) >= 11 is 0. The molecule has 0 aromatic carbocycles. The Balaban J connectivity index is 2.56. The predicted molar refractivity (Wildman–Crippen MR) is 53.2 cm³/mol. The van der Waals surface area contributed by atoms with Gasteiger partial charge in [-0.05, 0) is 26.1 Å². The van der Waals surface area contributed by atoms with Crippen molar-refractivity contribution in [3.05, 3.63) is 23.9 Å². The molecule has 13 heavy (non-hydrogen) atoms. The molecule has 1 aliphatic heterocycles. The molecule has 1 N–H and O–H groups in total. The largest absolute Gasteiger partial charge is 0.373 e. The van der Waals surface area contributed by atoms with Crippen molar-refractivity contribution in [2.24, 2.45) is 0 Å². The van der Waals surface area contributed by atoms with Crippen molar-refractivity contribution in [2.75, 3.05) is 19.6 Å². The van der Waals surface area contributed by atoms with Gasteiger partial charge in [-0.25, -0.2) is 0 Å². The third-order valence-electron chi connectivity index (χ3n) is 2.00. The van der Waals surface area contributed by atoms with Crippen LogP contribution in [0.3, 0.4) is 0 Å². The van der Waals surface area contributed by atoms with Crippen LogP contribution < -0.4 is 5.32 Å². The molecule has 0 radical (unpaired) electrons. The summed E-state index contributed by atoms with van der Waals surface area (Å²) in [5.41, 5.74) is 0.839. The number of amides is 1. The number of hydrogen-bond acceptors (Lipinski definition) is 2. The fourth-order valence-corrected chi connectivity index (χ4v) is 1.24. The second-order valence-electron chi connectivity index (χ2n) is 2.96. The first-order valence-corrected chi connectivity index (χ1v) is 4.67. The molecule has 0 spiro atoms. The highest BCUT2D eigenvalue weighted by atomic mass is 16.1. The summed E-state index contributed by atoms with van der Waals surface area (Å²) in [5.74, 6) is 0.0466. The summed E-state index contributed by atoms with van der Waals surface area (Å²) < 4.78 is 0. The topological polar surface area (TPSA) is 32.3 Å². The maximum atomic E-state index is 11.4. The summed E-state index contributed by atoms with van der Waals surface area (Å²) in [6.07, 6.45) is 5.79. The quantitative estimate of drug-likeness (QED) is 0.699. The van der Waals surface area contributed by atoms with E-state index < -0.39 is 0 Å². The fraction of sp³-hybridized carbons (Fsp3) is 0.500. The molecule has 1 amide bonds. The minimum atomic E-state index is 0.0466. The van der Waals surface area contributed by atoms with Crippen molar-refractivity contribution in [1.82, 2.24) is 10.2 Å². The molecule has 0 aromatic rings. The Kier molecular flexibility index (Phi) is 3.55. The van der Waals surface area contributed by atoms with Crippen LogP contribution in [0.2, 0.25) is 0 Å². The van der Waals surface area contributed by atoms with Crippen LogP contribution in [-0.2, 0) is 4.79 Å². The van der Waals surface area contributed by atoms with Crippen LogP contribution in [0.25, 0.3) is 0 Å². The van der Waals surface area contributed by atoms with Gasteiger partial charge in [-0.15, -0.1) is 0 Å². The van der Waals surface area contributed by atoms with Crippen molar-refractivity contribution < 1.29 is 4.79 Å². The van der Waals surface area contributed by atoms with Crippen molar-refractivity contribution in [3.8, 4) is 0 Å². The van der Waals surface area contributed by atoms with Crippen LogP contribution in [-0.4, -0.2) is 30.4 Å². The minimum Gasteiger partial charge on any atom is -0.373 e. The molecule has 0 aliphatic carbocycles. The van der Waals surface area contributed by atoms with Crippen molar-refractivity contribution >= 4 is 5.91 Å². The Bertz CT molecular complexity index is 243. The van der Waals surface area contributed by atoms with Gasteiger partial charge in [0.1, 0.15) is 0 Å². The van der Waals surface area contributed by atoms with Crippen molar-refractivity contribution in [1.29, 1.82) is 0 Å². The van der Waals surface area contributed by atoms with E-state index in [1.54, 1.807) is 0 Å². The minimum absolute atomic E-state index is 0.0466. The summed E-state index contributed by atoms with van der Waals surface area (Å²) in [5, 5.41) is 2.79. The zero-order chi connectivity index (χ0) is 9.68. The number of nitrogens with one attached hydrogen (secondary N) is 1. The van der Waals surface area contributed by atoms with Gasteiger partial charge in [0.15, 0.2) is 0 Å². The average molecular weight is 180 g/mol. The molecule has 0 aromatic heterocycles. The van der Waals surface area contributed by atoms with Gasteiger partial charge in [-0.2, -0.15) is 0 Å². The third-order valence-corrected chi connectivity index (χ3v) is 2.00. The Morgan fingerprint density at radius 2 is 2.38 bits per heavy atom. The lowest BCUT2D eigenvalue weighted by molar-refractivity contribution is -0.117. The van der Waals surface area contributed by atoms with E-state index >= 15 is 0 Å². The van der Waals surface area contributed by atoms with Gasteiger partial charge in [0, 0.05) is 25.2 Å². The van der Waals surface area contributed by atoms with E-state index in [9.17, 15) is 4.79 Å². The molecule has 0 saturated carbocycles. The molecule has 72 valence electrons. The van der Waals surface area contributed by atoms with Crippen molar-refractivity contribution in [2.45, 2.75) is 13.8 Å². The van der Waals surface area contributed by atoms with E-state index in [1.807, 2.05) is 25.3 Å². The maximum absolute atomic E-state index is 11.4. The van der Waals surface area contributed by atoms with Gasteiger partial charge < -0.3 is 10.2 Å². The van der Waals surface area contributed by atoms with Crippen LogP contribution in [0.1, 0.15) is 13.8 Å². The molecule has 3 heteroatoms. The number of rotatable bonds is 3. The van der Waals surface area contributed by atoms with Gasteiger partial charge in [-0.1, -0.05) is 6.08 Å². The first kappa shape index (κ1) is 9.84. The maximum Gasteiger partial charge on any atom is 0.249 e. The molecule has 1 heterocycles. The molecule has 0 fully saturated rings. The number of nitrogens with zero attached hydrogens (tertiary/aromatic N) is 1. The highest BCUT2D eigenvalue weighted by Crippen LogP contribution is 2.06. The summed E-state index contributed by atoms with van der Waals surface area (Å²) in [4.78, 5) is 13.5. The molecule has 0 saturated heterocycles. The molecular weight excluding hydrogens is 164 g/mol. The first-order valence-electron chi connectivity index (χ1n) is 4.67. The number of likely N-dealkylation sites (N-methyl/N-ethyl adjacent to an activating group) is 2. The monoisotopic (exact) mass is 180 g/mol. The highest BCUT2D eigenvalue weighted by molar-refractivity contribution is 5.94. The van der Waals surface area contributed by atoms with E-state index in [2.05, 4.69) is 17.1 Å². The van der Waals surface area contributed by atoms with Gasteiger partial charge in [0.2, 0.25) is 5.91 Å². The smallest absolute Gasteiger partial charge is 0.249 e. The molecule has 0 unspecified atom stereocenters. The molecule has 1 aliphatic rings. The lowest BCUT2D eigenvalue weighted by Gasteiger charge is -2.22. The Labute approximate surface area is 79.1 Å². The van der Waals surface area contributed by atoms with Crippen LogP contribution in [0, 0.1) is 0 Å². The van der Waals surface area contributed by atoms with E-state index in [4.69, 9.17) is 0 Å². The first-order chi connectivity index (χ1) is 6.27. The lowest BCUT2D eigenvalue weighted by atomic mass is 10.1. The second-order valence-corrected chi connectivity index (χ2v) is 2.96.